The third-order valence-electron chi connectivity index (χ3n) is 4.85. The van der Waals surface area contributed by atoms with E-state index in [1.165, 1.54) is 12.1 Å². The summed E-state index contributed by atoms with van der Waals surface area (Å²) in [6.45, 7) is 2.68. The molecule has 32 heavy (non-hydrogen) atoms. The SMILES string of the molecule is CCCOc1ccccc1-c1ccc(C[C@H](NC(=O)c2c(Cl)cccc2Cl)C(=O)O)cc1. The van der Waals surface area contributed by atoms with Crippen LogP contribution in [0.2, 0.25) is 10.0 Å². The van der Waals surface area contributed by atoms with Gasteiger partial charge in [0.1, 0.15) is 11.8 Å². The molecule has 2 N–H and O–H groups in total. The Balaban J connectivity index is 1.76. The molecule has 0 aliphatic carbocycles. The van der Waals surface area contributed by atoms with Gasteiger partial charge in [-0.3, -0.25) is 4.79 Å². The molecule has 0 aliphatic rings. The Morgan fingerprint density at radius 2 is 1.62 bits per heavy atom. The minimum absolute atomic E-state index is 0.0566. The quantitative estimate of drug-likeness (QED) is 0.408. The van der Waals surface area contributed by atoms with Gasteiger partial charge in [-0.25, -0.2) is 4.79 Å². The van der Waals surface area contributed by atoms with E-state index >= 15 is 0 Å². The molecule has 0 fully saturated rings. The highest BCUT2D eigenvalue weighted by atomic mass is 35.5. The normalized spacial score (nSPS) is 11.6. The molecule has 166 valence electrons. The average molecular weight is 472 g/mol. The van der Waals surface area contributed by atoms with Crippen LogP contribution in [0.4, 0.5) is 0 Å². The highest BCUT2D eigenvalue weighted by Gasteiger charge is 2.23. The number of ether oxygens (including phenoxy) is 1. The van der Waals surface area contributed by atoms with E-state index in [0.717, 1.165) is 28.9 Å². The topological polar surface area (TPSA) is 75.6 Å². The zero-order valence-electron chi connectivity index (χ0n) is 17.5. The van der Waals surface area contributed by atoms with Gasteiger partial charge in [0.25, 0.3) is 5.91 Å². The number of hydrogen-bond acceptors (Lipinski definition) is 3. The number of carbonyl (C=O) groups excluding carboxylic acids is 1. The third-order valence-corrected chi connectivity index (χ3v) is 5.48. The van der Waals surface area contributed by atoms with Gasteiger partial charge in [-0.05, 0) is 35.7 Å². The van der Waals surface area contributed by atoms with Crippen molar-refractivity contribution in [3.63, 3.8) is 0 Å². The Kier molecular flexibility index (Phi) is 8.14. The van der Waals surface area contributed by atoms with Crippen molar-refractivity contribution in [3.05, 3.63) is 87.9 Å². The van der Waals surface area contributed by atoms with Gasteiger partial charge in [-0.15, -0.1) is 0 Å². The van der Waals surface area contributed by atoms with Gasteiger partial charge in [0.05, 0.1) is 22.2 Å². The number of aliphatic carboxylic acids is 1. The summed E-state index contributed by atoms with van der Waals surface area (Å²) in [6.07, 6.45) is 1.02. The molecule has 0 aliphatic heterocycles. The molecule has 0 heterocycles. The maximum absolute atomic E-state index is 12.6. The number of carboxylic acid groups (broad SMARTS) is 1. The molecular weight excluding hydrogens is 449 g/mol. The monoisotopic (exact) mass is 471 g/mol. The number of halogens is 2. The standard InChI is InChI=1S/C25H23Cl2NO4/c1-2-14-32-22-9-4-3-6-18(22)17-12-10-16(11-13-17)15-21(25(30)31)28-24(29)23-19(26)7-5-8-20(23)27/h3-13,21H,2,14-15H2,1H3,(H,28,29)(H,30,31)/t21-/m0/s1. The van der Waals surface area contributed by atoms with Crippen LogP contribution in [0.3, 0.4) is 0 Å². The molecule has 1 amide bonds. The predicted octanol–water partition coefficient (Wildman–Crippen LogP) is 5.87. The first-order chi connectivity index (χ1) is 15.4. The number of amides is 1. The maximum Gasteiger partial charge on any atom is 0.326 e. The molecule has 3 rings (SSSR count). The summed E-state index contributed by atoms with van der Waals surface area (Å²) in [7, 11) is 0. The number of rotatable bonds is 9. The van der Waals surface area contributed by atoms with Crippen molar-refractivity contribution in [2.45, 2.75) is 25.8 Å². The van der Waals surface area contributed by atoms with E-state index in [-0.39, 0.29) is 22.0 Å². The van der Waals surface area contributed by atoms with Gasteiger partial charge in [0.15, 0.2) is 0 Å². The largest absolute Gasteiger partial charge is 0.493 e. The smallest absolute Gasteiger partial charge is 0.326 e. The Morgan fingerprint density at radius 1 is 0.969 bits per heavy atom. The highest BCUT2D eigenvalue weighted by molar-refractivity contribution is 6.39. The second-order valence-corrected chi connectivity index (χ2v) is 8.02. The second-order valence-electron chi connectivity index (χ2n) is 7.21. The molecule has 5 nitrogen and oxygen atoms in total. The number of carboxylic acids is 1. The lowest BCUT2D eigenvalue weighted by molar-refractivity contribution is -0.139. The molecule has 3 aromatic carbocycles. The van der Waals surface area contributed by atoms with E-state index in [9.17, 15) is 14.7 Å². The molecular formula is C25H23Cl2NO4. The van der Waals surface area contributed by atoms with Gasteiger partial charge >= 0.3 is 5.97 Å². The summed E-state index contributed by atoms with van der Waals surface area (Å²) in [5.41, 5.74) is 2.74. The lowest BCUT2D eigenvalue weighted by Crippen LogP contribution is -2.42. The molecule has 0 saturated heterocycles. The lowest BCUT2D eigenvalue weighted by Gasteiger charge is -2.16. The van der Waals surface area contributed by atoms with E-state index in [1.54, 1.807) is 6.07 Å². The molecule has 3 aromatic rings. The fraction of sp³-hybridized carbons (Fsp3) is 0.200. The van der Waals surface area contributed by atoms with Crippen LogP contribution in [0.15, 0.2) is 66.7 Å². The first kappa shape index (κ1) is 23.6. The van der Waals surface area contributed by atoms with E-state index in [0.29, 0.717) is 6.61 Å². The van der Waals surface area contributed by atoms with E-state index < -0.39 is 17.9 Å². The van der Waals surface area contributed by atoms with E-state index in [2.05, 4.69) is 12.2 Å². The highest BCUT2D eigenvalue weighted by Crippen LogP contribution is 2.30. The maximum atomic E-state index is 12.6. The molecule has 1 atom stereocenters. The molecule has 0 aromatic heterocycles. The number of benzene rings is 3. The summed E-state index contributed by atoms with van der Waals surface area (Å²) in [5, 5.41) is 12.5. The van der Waals surface area contributed by atoms with Crippen molar-refractivity contribution in [1.29, 1.82) is 0 Å². The van der Waals surface area contributed by atoms with Gasteiger partial charge in [0, 0.05) is 12.0 Å². The molecule has 0 unspecified atom stereocenters. The van der Waals surface area contributed by atoms with Gasteiger partial charge in [-0.1, -0.05) is 78.7 Å². The van der Waals surface area contributed by atoms with Crippen LogP contribution >= 0.6 is 23.2 Å². The first-order valence-corrected chi connectivity index (χ1v) is 10.9. The van der Waals surface area contributed by atoms with Gasteiger partial charge in [-0.2, -0.15) is 0 Å². The Hall–Kier alpha value is -3.02. The van der Waals surface area contributed by atoms with Crippen LogP contribution in [0.1, 0.15) is 29.3 Å². The minimum atomic E-state index is -1.15. The Labute approximate surface area is 196 Å². The fourth-order valence-corrected chi connectivity index (χ4v) is 3.81. The minimum Gasteiger partial charge on any atom is -0.493 e. The fourth-order valence-electron chi connectivity index (χ4n) is 3.24. The third kappa shape index (κ3) is 5.81. The molecule has 7 heteroatoms. The number of hydrogen-bond donors (Lipinski definition) is 2. The van der Waals surface area contributed by atoms with Crippen LogP contribution in [0.5, 0.6) is 5.75 Å². The van der Waals surface area contributed by atoms with Crippen molar-refractivity contribution < 1.29 is 19.4 Å². The van der Waals surface area contributed by atoms with Crippen LogP contribution in [0.25, 0.3) is 11.1 Å². The summed E-state index contributed by atoms with van der Waals surface area (Å²) in [6, 6.07) is 18.8. The van der Waals surface area contributed by atoms with Crippen molar-refractivity contribution in [2.75, 3.05) is 6.61 Å². The van der Waals surface area contributed by atoms with Crippen molar-refractivity contribution in [3.8, 4) is 16.9 Å². The van der Waals surface area contributed by atoms with Gasteiger partial charge < -0.3 is 15.2 Å². The van der Waals surface area contributed by atoms with Crippen molar-refractivity contribution in [2.24, 2.45) is 0 Å². The zero-order valence-corrected chi connectivity index (χ0v) is 19.0. The van der Waals surface area contributed by atoms with E-state index in [1.807, 2.05) is 48.5 Å². The summed E-state index contributed by atoms with van der Waals surface area (Å²) in [5.74, 6) is -0.982. The van der Waals surface area contributed by atoms with E-state index in [4.69, 9.17) is 27.9 Å². The van der Waals surface area contributed by atoms with Crippen LogP contribution in [-0.4, -0.2) is 29.6 Å². The summed E-state index contributed by atoms with van der Waals surface area (Å²) >= 11 is 12.1. The Bertz CT molecular complexity index is 1080. The van der Waals surface area contributed by atoms with Crippen LogP contribution in [0, 0.1) is 0 Å². The van der Waals surface area contributed by atoms with Crippen LogP contribution in [-0.2, 0) is 11.2 Å². The number of para-hydroxylation sites is 1. The average Bonchev–Trinajstić information content (AvgIpc) is 2.78. The second kappa shape index (κ2) is 11.0. The lowest BCUT2D eigenvalue weighted by atomic mass is 10.00. The number of carbonyl (C=O) groups is 2. The Morgan fingerprint density at radius 3 is 2.25 bits per heavy atom. The van der Waals surface area contributed by atoms with Gasteiger partial charge in [0.2, 0.25) is 0 Å². The van der Waals surface area contributed by atoms with Crippen molar-refractivity contribution >= 4 is 35.1 Å². The predicted molar refractivity (Wildman–Crippen MR) is 127 cm³/mol. The summed E-state index contributed by atoms with van der Waals surface area (Å²) < 4.78 is 5.83. The summed E-state index contributed by atoms with van der Waals surface area (Å²) in [4.78, 5) is 24.4. The van der Waals surface area contributed by atoms with Crippen molar-refractivity contribution in [1.82, 2.24) is 5.32 Å². The van der Waals surface area contributed by atoms with Crippen LogP contribution < -0.4 is 10.1 Å². The molecule has 0 spiro atoms. The molecule has 0 bridgehead atoms. The number of nitrogens with one attached hydrogen (secondary N) is 1. The molecule has 0 saturated carbocycles. The molecule has 0 radical (unpaired) electrons. The first-order valence-electron chi connectivity index (χ1n) is 10.2. The zero-order chi connectivity index (χ0) is 23.1.